The van der Waals surface area contributed by atoms with Crippen molar-refractivity contribution in [2.24, 2.45) is 5.92 Å². The van der Waals surface area contributed by atoms with Gasteiger partial charge in [0, 0.05) is 35.8 Å². The third kappa shape index (κ3) is 7.52. The fraction of sp³-hybridized carbons (Fsp3) is 0.481. The van der Waals surface area contributed by atoms with Gasteiger partial charge in [0.25, 0.3) is 5.60 Å². The second-order valence-electron chi connectivity index (χ2n) is 10.5. The second kappa shape index (κ2) is 11.8. The van der Waals surface area contributed by atoms with Crippen molar-refractivity contribution in [2.75, 3.05) is 25.0 Å². The molecule has 0 atom stereocenters. The fourth-order valence-corrected chi connectivity index (χ4v) is 4.38. The van der Waals surface area contributed by atoms with Crippen LogP contribution in [0.3, 0.4) is 0 Å². The van der Waals surface area contributed by atoms with Gasteiger partial charge in [0.05, 0.1) is 5.60 Å². The Hall–Kier alpha value is -3.16. The number of nitrogens with zero attached hydrogens (tertiary/aromatic N) is 1. The van der Waals surface area contributed by atoms with Crippen LogP contribution in [-0.2, 0) is 12.1 Å². The molecule has 1 heterocycles. The third-order valence-electron chi connectivity index (χ3n) is 6.67. The van der Waals surface area contributed by atoms with Crippen LogP contribution in [0.15, 0.2) is 48.5 Å². The Morgan fingerprint density at radius 1 is 0.875 bits per heavy atom. The molecule has 1 saturated heterocycles. The minimum absolute atomic E-state index is 0.0544. The molecular formula is C27H31F6N3O4. The average Bonchev–Trinajstić information content (AvgIpc) is 2.86. The smallest absolute Gasteiger partial charge is 0.389 e. The molecule has 0 saturated carbocycles. The average molecular weight is 576 g/mol. The Bertz CT molecular complexity index is 1150. The van der Waals surface area contributed by atoms with Gasteiger partial charge in [-0.2, -0.15) is 26.3 Å². The van der Waals surface area contributed by atoms with Crippen molar-refractivity contribution in [1.82, 2.24) is 10.2 Å². The van der Waals surface area contributed by atoms with E-state index in [1.807, 2.05) is 4.90 Å². The molecule has 0 spiro atoms. The predicted octanol–water partition coefficient (Wildman–Crippen LogP) is 4.99. The zero-order chi connectivity index (χ0) is 29.9. The number of Topliss-reactive ketones (excluding diaryl/α,β-unsaturated/α-hetero) is 1. The van der Waals surface area contributed by atoms with Crippen LogP contribution in [0, 0.1) is 5.92 Å². The first-order valence-corrected chi connectivity index (χ1v) is 12.5. The van der Waals surface area contributed by atoms with Crippen molar-refractivity contribution in [3.8, 4) is 0 Å². The summed E-state index contributed by atoms with van der Waals surface area (Å²) in [5.74, 6) is -0.332. The lowest BCUT2D eigenvalue weighted by molar-refractivity contribution is -0.376. The van der Waals surface area contributed by atoms with Crippen LogP contribution >= 0.6 is 0 Å². The van der Waals surface area contributed by atoms with Crippen molar-refractivity contribution >= 4 is 17.5 Å². The van der Waals surface area contributed by atoms with Gasteiger partial charge in [-0.3, -0.25) is 9.69 Å². The van der Waals surface area contributed by atoms with E-state index in [1.54, 1.807) is 38.1 Å². The molecule has 13 heteroatoms. The number of carbonyl (C=O) groups excluding carboxylic acids is 2. The van der Waals surface area contributed by atoms with Gasteiger partial charge in [-0.05, 0) is 69.6 Å². The summed E-state index contributed by atoms with van der Waals surface area (Å²) in [6, 6.07) is 9.38. The number of ketones is 1. The molecule has 0 aliphatic carbocycles. The Kier molecular flexibility index (Phi) is 9.22. The van der Waals surface area contributed by atoms with Gasteiger partial charge in [-0.25, -0.2) is 4.79 Å². The summed E-state index contributed by atoms with van der Waals surface area (Å²) in [5, 5.41) is 24.3. The van der Waals surface area contributed by atoms with Crippen LogP contribution in [0.2, 0.25) is 0 Å². The number of piperidine rings is 1. The number of hydrogen-bond donors (Lipinski definition) is 4. The van der Waals surface area contributed by atoms with Crippen molar-refractivity contribution in [2.45, 2.75) is 56.8 Å². The zero-order valence-electron chi connectivity index (χ0n) is 21.9. The number of hydrogen-bond acceptors (Lipinski definition) is 5. The van der Waals surface area contributed by atoms with E-state index in [0.717, 1.165) is 12.1 Å². The van der Waals surface area contributed by atoms with Gasteiger partial charge in [0.1, 0.15) is 0 Å². The number of aliphatic hydroxyl groups is 2. The summed E-state index contributed by atoms with van der Waals surface area (Å²) >= 11 is 0. The van der Waals surface area contributed by atoms with Crippen LogP contribution in [0.4, 0.5) is 36.8 Å². The fourth-order valence-electron chi connectivity index (χ4n) is 4.38. The minimum atomic E-state index is -5.94. The van der Waals surface area contributed by atoms with Crippen molar-refractivity contribution in [1.29, 1.82) is 0 Å². The number of carbonyl (C=O) groups is 2. The molecule has 1 fully saturated rings. The van der Waals surface area contributed by atoms with E-state index in [2.05, 4.69) is 10.6 Å². The number of urea groups is 1. The molecule has 0 radical (unpaired) electrons. The van der Waals surface area contributed by atoms with E-state index < -0.39 is 35.1 Å². The lowest BCUT2D eigenvalue weighted by atomic mass is 9.88. The molecular weight excluding hydrogens is 544 g/mol. The molecule has 1 aliphatic heterocycles. The first-order chi connectivity index (χ1) is 18.4. The van der Waals surface area contributed by atoms with Gasteiger partial charge in [0.15, 0.2) is 5.78 Å². The quantitative estimate of drug-likeness (QED) is 0.263. The molecule has 2 amide bonds. The SMILES string of the molecule is CC(C)(O)CNC(=O)Nc1ccc(C(=O)C2CCN(Cc3ccc(C(O)(C(F)(F)F)C(F)(F)F)cc3)CC2)cc1. The number of rotatable bonds is 8. The van der Waals surface area contributed by atoms with Gasteiger partial charge >= 0.3 is 18.4 Å². The highest BCUT2D eigenvalue weighted by atomic mass is 19.4. The van der Waals surface area contributed by atoms with E-state index >= 15 is 0 Å². The molecule has 2 aromatic carbocycles. The maximum absolute atomic E-state index is 13.1. The van der Waals surface area contributed by atoms with Gasteiger partial charge in [-0.1, -0.05) is 24.3 Å². The lowest BCUT2D eigenvalue weighted by Gasteiger charge is -2.33. The number of amides is 2. The molecule has 220 valence electrons. The van der Waals surface area contributed by atoms with E-state index in [9.17, 15) is 46.1 Å². The van der Waals surface area contributed by atoms with Gasteiger partial charge in [0.2, 0.25) is 0 Å². The normalized spacial score (nSPS) is 16.1. The molecule has 3 rings (SSSR count). The molecule has 2 aromatic rings. The van der Waals surface area contributed by atoms with Gasteiger partial charge in [-0.15, -0.1) is 0 Å². The highest BCUT2D eigenvalue weighted by Gasteiger charge is 2.71. The standard InChI is InChI=1S/C27H31F6N3O4/c1-24(2,39)16-34-23(38)35-21-9-5-18(6-10-21)22(37)19-11-13-36(14-12-19)15-17-3-7-20(8-4-17)25(40,26(28,29)30)27(31,32)33/h3-10,19,39-40H,11-16H2,1-2H3,(H2,34,35,38). The first kappa shape index (κ1) is 31.4. The van der Waals surface area contributed by atoms with Gasteiger partial charge < -0.3 is 20.8 Å². The van der Waals surface area contributed by atoms with Crippen molar-refractivity contribution in [3.05, 3.63) is 65.2 Å². The molecule has 4 N–H and O–H groups in total. The van der Waals surface area contributed by atoms with E-state index in [1.165, 1.54) is 0 Å². The Morgan fingerprint density at radius 3 is 1.88 bits per heavy atom. The highest BCUT2D eigenvalue weighted by Crippen LogP contribution is 2.50. The van der Waals surface area contributed by atoms with Crippen LogP contribution in [0.25, 0.3) is 0 Å². The summed E-state index contributed by atoms with van der Waals surface area (Å²) in [4.78, 5) is 26.8. The van der Waals surface area contributed by atoms with Crippen LogP contribution < -0.4 is 10.6 Å². The monoisotopic (exact) mass is 575 g/mol. The topological polar surface area (TPSA) is 102 Å². The third-order valence-corrected chi connectivity index (χ3v) is 6.67. The van der Waals surface area contributed by atoms with Crippen molar-refractivity contribution < 1.29 is 46.1 Å². The lowest BCUT2D eigenvalue weighted by Crippen LogP contribution is -2.53. The summed E-state index contributed by atoms with van der Waals surface area (Å²) in [6.45, 7) is 4.41. The van der Waals surface area contributed by atoms with Crippen molar-refractivity contribution in [3.63, 3.8) is 0 Å². The molecule has 0 unspecified atom stereocenters. The Morgan fingerprint density at radius 2 is 1.40 bits per heavy atom. The zero-order valence-corrected chi connectivity index (χ0v) is 21.9. The van der Waals surface area contributed by atoms with Crippen LogP contribution in [0.1, 0.15) is 48.2 Å². The number of halogens is 6. The summed E-state index contributed by atoms with van der Waals surface area (Å²) < 4.78 is 78.5. The minimum Gasteiger partial charge on any atom is -0.389 e. The van der Waals surface area contributed by atoms with E-state index in [4.69, 9.17) is 0 Å². The first-order valence-electron chi connectivity index (χ1n) is 12.5. The largest absolute Gasteiger partial charge is 0.430 e. The summed E-state index contributed by atoms with van der Waals surface area (Å²) in [6.07, 6.45) is -10.9. The summed E-state index contributed by atoms with van der Waals surface area (Å²) in [7, 11) is 0. The molecule has 0 aromatic heterocycles. The second-order valence-corrected chi connectivity index (χ2v) is 10.5. The number of likely N-dealkylation sites (tertiary alicyclic amines) is 1. The van der Waals surface area contributed by atoms with Crippen LogP contribution in [0.5, 0.6) is 0 Å². The number of alkyl halides is 6. The molecule has 40 heavy (non-hydrogen) atoms. The van der Waals surface area contributed by atoms with Crippen LogP contribution in [-0.4, -0.2) is 64.5 Å². The van der Waals surface area contributed by atoms with E-state index in [-0.39, 0.29) is 24.8 Å². The molecule has 1 aliphatic rings. The maximum atomic E-state index is 13.1. The number of nitrogens with one attached hydrogen (secondary N) is 2. The number of anilines is 1. The molecule has 0 bridgehead atoms. The highest BCUT2D eigenvalue weighted by molar-refractivity contribution is 5.98. The Balaban J connectivity index is 1.53. The predicted molar refractivity (Wildman–Crippen MR) is 135 cm³/mol. The number of benzene rings is 2. The Labute approximate surface area is 227 Å². The maximum Gasteiger partial charge on any atom is 0.430 e. The molecule has 7 nitrogen and oxygen atoms in total. The summed E-state index contributed by atoms with van der Waals surface area (Å²) in [5.41, 5.74) is -5.93. The van der Waals surface area contributed by atoms with E-state index in [0.29, 0.717) is 54.9 Å².